The predicted octanol–water partition coefficient (Wildman–Crippen LogP) is 3.67. The molecular weight excluding hydrogens is 274 g/mol. The van der Waals surface area contributed by atoms with Gasteiger partial charge in [0.2, 0.25) is 0 Å². The molecule has 0 aromatic heterocycles. The molecular formula is C19H25NO2. The van der Waals surface area contributed by atoms with Gasteiger partial charge in [0.15, 0.2) is 0 Å². The molecule has 0 saturated heterocycles. The minimum absolute atomic E-state index is 0.225. The summed E-state index contributed by atoms with van der Waals surface area (Å²) in [6.07, 6.45) is 6.41. The second-order valence-electron chi connectivity index (χ2n) is 6.29. The summed E-state index contributed by atoms with van der Waals surface area (Å²) in [5.74, 6) is 5.77. The Balaban J connectivity index is 2.02. The molecule has 1 fully saturated rings. The fourth-order valence-electron chi connectivity index (χ4n) is 3.05. The molecule has 0 spiro atoms. The van der Waals surface area contributed by atoms with Gasteiger partial charge in [0.1, 0.15) is 5.54 Å². The number of carbonyl (C=O) groups is 1. The first-order chi connectivity index (χ1) is 10.5. The Morgan fingerprint density at radius 3 is 2.95 bits per heavy atom. The molecule has 0 aliphatic heterocycles. The van der Waals surface area contributed by atoms with Crippen LogP contribution in [0.3, 0.4) is 0 Å². The molecule has 22 heavy (non-hydrogen) atoms. The highest BCUT2D eigenvalue weighted by atomic mass is 16.4. The number of benzene rings is 1. The summed E-state index contributed by atoms with van der Waals surface area (Å²) >= 11 is 0. The maximum absolute atomic E-state index is 11.2. The SMILES string of the molecule is CCCCCC#Cc1cccc(C2CCC(N)(C(=O)O)C2)c1. The van der Waals surface area contributed by atoms with E-state index in [1.807, 2.05) is 12.1 Å². The van der Waals surface area contributed by atoms with Crippen LogP contribution in [-0.2, 0) is 4.79 Å². The van der Waals surface area contributed by atoms with E-state index in [0.717, 1.165) is 30.4 Å². The van der Waals surface area contributed by atoms with Crippen LogP contribution in [0, 0.1) is 11.8 Å². The van der Waals surface area contributed by atoms with Crippen molar-refractivity contribution in [3.63, 3.8) is 0 Å². The lowest BCUT2D eigenvalue weighted by Gasteiger charge is -2.18. The maximum atomic E-state index is 11.2. The zero-order chi connectivity index (χ0) is 16.0. The Morgan fingerprint density at radius 1 is 1.45 bits per heavy atom. The zero-order valence-corrected chi connectivity index (χ0v) is 13.3. The van der Waals surface area contributed by atoms with Gasteiger partial charge < -0.3 is 10.8 Å². The van der Waals surface area contributed by atoms with E-state index in [1.165, 1.54) is 12.8 Å². The van der Waals surface area contributed by atoms with E-state index < -0.39 is 11.5 Å². The number of carboxylic acids is 1. The molecule has 2 unspecified atom stereocenters. The van der Waals surface area contributed by atoms with Crippen LogP contribution < -0.4 is 5.73 Å². The van der Waals surface area contributed by atoms with E-state index in [2.05, 4.69) is 30.9 Å². The van der Waals surface area contributed by atoms with Crippen molar-refractivity contribution in [1.29, 1.82) is 0 Å². The largest absolute Gasteiger partial charge is 0.480 e. The summed E-state index contributed by atoms with van der Waals surface area (Å²) in [4.78, 5) is 11.2. The van der Waals surface area contributed by atoms with Crippen molar-refractivity contribution in [2.24, 2.45) is 5.73 Å². The molecule has 3 heteroatoms. The molecule has 3 N–H and O–H groups in total. The van der Waals surface area contributed by atoms with Crippen molar-refractivity contribution >= 4 is 5.97 Å². The van der Waals surface area contributed by atoms with Crippen LogP contribution >= 0.6 is 0 Å². The van der Waals surface area contributed by atoms with Gasteiger partial charge in [-0.3, -0.25) is 4.79 Å². The quantitative estimate of drug-likeness (QED) is 0.644. The Labute approximate surface area is 132 Å². The van der Waals surface area contributed by atoms with E-state index in [9.17, 15) is 9.90 Å². The number of carboxylic acid groups (broad SMARTS) is 1. The van der Waals surface area contributed by atoms with Crippen LogP contribution in [0.5, 0.6) is 0 Å². The van der Waals surface area contributed by atoms with Crippen molar-refractivity contribution in [3.05, 3.63) is 35.4 Å². The van der Waals surface area contributed by atoms with Gasteiger partial charge in [-0.15, -0.1) is 0 Å². The molecule has 1 aromatic carbocycles. The summed E-state index contributed by atoms with van der Waals surface area (Å²) in [7, 11) is 0. The van der Waals surface area contributed by atoms with E-state index in [1.54, 1.807) is 0 Å². The molecule has 1 aliphatic carbocycles. The van der Waals surface area contributed by atoms with Crippen molar-refractivity contribution in [1.82, 2.24) is 0 Å². The van der Waals surface area contributed by atoms with Gasteiger partial charge in [0, 0.05) is 12.0 Å². The third-order valence-electron chi connectivity index (χ3n) is 4.47. The molecule has 1 saturated carbocycles. The molecule has 1 aromatic rings. The average molecular weight is 299 g/mol. The van der Waals surface area contributed by atoms with Crippen molar-refractivity contribution in [3.8, 4) is 11.8 Å². The molecule has 0 radical (unpaired) electrons. The maximum Gasteiger partial charge on any atom is 0.323 e. The van der Waals surface area contributed by atoms with Crippen LogP contribution in [0.15, 0.2) is 24.3 Å². The standard InChI is InChI=1S/C19H25NO2/c1-2-3-4-5-6-8-15-9-7-10-16(13-15)17-11-12-19(20,14-17)18(21)22/h7,9-10,13,17H,2-5,11-12,14,20H2,1H3,(H,21,22). The van der Waals surface area contributed by atoms with Crippen molar-refractivity contribution in [2.45, 2.75) is 63.3 Å². The van der Waals surface area contributed by atoms with Crippen LogP contribution in [-0.4, -0.2) is 16.6 Å². The molecule has 2 rings (SSSR count). The Hall–Kier alpha value is -1.79. The Kier molecular flexibility index (Phi) is 5.63. The smallest absolute Gasteiger partial charge is 0.323 e. The molecule has 118 valence electrons. The summed E-state index contributed by atoms with van der Waals surface area (Å²) in [6.45, 7) is 2.19. The van der Waals surface area contributed by atoms with E-state index in [0.29, 0.717) is 12.8 Å². The number of aliphatic carboxylic acids is 1. The number of nitrogens with two attached hydrogens (primary N) is 1. The fraction of sp³-hybridized carbons (Fsp3) is 0.526. The molecule has 2 atom stereocenters. The zero-order valence-electron chi connectivity index (χ0n) is 13.3. The summed E-state index contributed by atoms with van der Waals surface area (Å²) in [5, 5.41) is 9.23. The summed E-state index contributed by atoms with van der Waals surface area (Å²) in [6, 6.07) is 8.16. The Morgan fingerprint density at radius 2 is 2.27 bits per heavy atom. The third kappa shape index (κ3) is 4.11. The van der Waals surface area contributed by atoms with Gasteiger partial charge >= 0.3 is 5.97 Å². The Bertz CT molecular complexity index is 585. The average Bonchev–Trinajstić information content (AvgIpc) is 2.91. The summed E-state index contributed by atoms with van der Waals surface area (Å²) in [5.41, 5.74) is 7.08. The second kappa shape index (κ2) is 7.47. The minimum atomic E-state index is -1.06. The molecule has 0 heterocycles. The van der Waals surface area contributed by atoms with Crippen molar-refractivity contribution < 1.29 is 9.90 Å². The third-order valence-corrected chi connectivity index (χ3v) is 4.47. The number of rotatable bonds is 5. The van der Waals surface area contributed by atoms with Gasteiger partial charge in [0.25, 0.3) is 0 Å². The normalized spacial score (nSPS) is 23.8. The van der Waals surface area contributed by atoms with Crippen LogP contribution in [0.1, 0.15) is 68.9 Å². The first kappa shape index (κ1) is 16.6. The van der Waals surface area contributed by atoms with Crippen LogP contribution in [0.4, 0.5) is 0 Å². The summed E-state index contributed by atoms with van der Waals surface area (Å²) < 4.78 is 0. The van der Waals surface area contributed by atoms with Crippen LogP contribution in [0.25, 0.3) is 0 Å². The first-order valence-corrected chi connectivity index (χ1v) is 8.16. The van der Waals surface area contributed by atoms with Gasteiger partial charge in [-0.25, -0.2) is 0 Å². The molecule has 0 amide bonds. The molecule has 1 aliphatic rings. The number of hydrogen-bond acceptors (Lipinski definition) is 2. The van der Waals surface area contributed by atoms with Gasteiger partial charge in [0.05, 0.1) is 0 Å². The fourth-order valence-corrected chi connectivity index (χ4v) is 3.05. The molecule has 3 nitrogen and oxygen atoms in total. The van der Waals surface area contributed by atoms with E-state index >= 15 is 0 Å². The topological polar surface area (TPSA) is 63.3 Å². The second-order valence-corrected chi connectivity index (χ2v) is 6.29. The lowest BCUT2D eigenvalue weighted by Crippen LogP contribution is -2.45. The monoisotopic (exact) mass is 299 g/mol. The lowest BCUT2D eigenvalue weighted by atomic mass is 9.92. The highest BCUT2D eigenvalue weighted by Crippen LogP contribution is 2.39. The van der Waals surface area contributed by atoms with E-state index in [-0.39, 0.29) is 5.92 Å². The van der Waals surface area contributed by atoms with Crippen LogP contribution in [0.2, 0.25) is 0 Å². The number of unbranched alkanes of at least 4 members (excludes halogenated alkanes) is 3. The van der Waals surface area contributed by atoms with Gasteiger partial charge in [-0.1, -0.05) is 43.7 Å². The first-order valence-electron chi connectivity index (χ1n) is 8.16. The number of hydrogen-bond donors (Lipinski definition) is 2. The lowest BCUT2D eigenvalue weighted by molar-refractivity contribution is -0.143. The minimum Gasteiger partial charge on any atom is -0.480 e. The van der Waals surface area contributed by atoms with Crippen molar-refractivity contribution in [2.75, 3.05) is 0 Å². The van der Waals surface area contributed by atoms with Gasteiger partial charge in [-0.05, 0) is 49.3 Å². The highest BCUT2D eigenvalue weighted by molar-refractivity contribution is 5.79. The predicted molar refractivity (Wildman–Crippen MR) is 88.6 cm³/mol. The van der Waals surface area contributed by atoms with Gasteiger partial charge in [-0.2, -0.15) is 0 Å². The highest BCUT2D eigenvalue weighted by Gasteiger charge is 2.42. The van der Waals surface area contributed by atoms with E-state index in [4.69, 9.17) is 5.73 Å². The molecule has 0 bridgehead atoms.